The molecular weight excluding hydrogens is 262 g/mol. The fraction of sp³-hybridized carbons (Fsp3) is 0.857. The molecule has 1 aliphatic heterocycles. The van der Waals surface area contributed by atoms with E-state index in [0.29, 0.717) is 23.0 Å². The summed E-state index contributed by atoms with van der Waals surface area (Å²) in [5, 5.41) is 0. The number of hydrogen-bond acceptors (Lipinski definition) is 2. The first-order valence-electron chi connectivity index (χ1n) is 6.98. The highest BCUT2D eigenvalue weighted by atomic mass is 35.6. The molecule has 4 unspecified atom stereocenters. The van der Waals surface area contributed by atoms with Crippen LogP contribution in [0.15, 0.2) is 12.7 Å². The van der Waals surface area contributed by atoms with Crippen LogP contribution in [0.3, 0.4) is 0 Å². The van der Waals surface area contributed by atoms with Crippen LogP contribution < -0.4 is 0 Å². The van der Waals surface area contributed by atoms with E-state index < -0.39 is 7.79 Å². The summed E-state index contributed by atoms with van der Waals surface area (Å²) >= 11 is 6.81. The fourth-order valence-corrected chi connectivity index (χ4v) is 8.21. The topological polar surface area (TPSA) is 12.5 Å². The van der Waals surface area contributed by atoms with Crippen molar-refractivity contribution in [3.05, 3.63) is 12.7 Å². The van der Waals surface area contributed by atoms with Gasteiger partial charge >= 0.3 is 7.79 Å². The van der Waals surface area contributed by atoms with Gasteiger partial charge in [0.1, 0.15) is 0 Å². The highest BCUT2D eigenvalue weighted by Crippen LogP contribution is 2.69. The zero-order valence-electron chi connectivity index (χ0n) is 11.9. The zero-order chi connectivity index (χ0) is 13.3. The summed E-state index contributed by atoms with van der Waals surface area (Å²) in [7, 11) is -0.0770. The Hall–Kier alpha value is 0.167. The molecule has 0 aromatic rings. The lowest BCUT2D eigenvalue weighted by molar-refractivity contribution is 0.0335. The van der Waals surface area contributed by atoms with Crippen molar-refractivity contribution in [1.82, 2.24) is 4.57 Å². The predicted octanol–water partition coefficient (Wildman–Crippen LogP) is 3.51. The Balaban J connectivity index is 1.99. The number of nitrogens with zero attached hydrogens (tertiary/aromatic N) is 1. The zero-order valence-corrected chi connectivity index (χ0v) is 13.6. The predicted molar refractivity (Wildman–Crippen MR) is 77.6 cm³/mol. The largest absolute Gasteiger partial charge is 0.386 e. The van der Waals surface area contributed by atoms with Crippen LogP contribution in [0.4, 0.5) is 0 Å². The van der Waals surface area contributed by atoms with Crippen LogP contribution in [0.1, 0.15) is 33.6 Å². The molecule has 0 radical (unpaired) electrons. The van der Waals surface area contributed by atoms with Crippen molar-refractivity contribution in [3.63, 3.8) is 0 Å². The molecule has 2 aliphatic carbocycles. The summed E-state index contributed by atoms with van der Waals surface area (Å²) < 4.78 is 8.86. The van der Waals surface area contributed by atoms with Gasteiger partial charge in [-0.1, -0.05) is 26.8 Å². The molecule has 3 rings (SSSR count). The van der Waals surface area contributed by atoms with Crippen molar-refractivity contribution < 1.29 is 4.43 Å². The quantitative estimate of drug-likeness (QED) is 0.437. The van der Waals surface area contributed by atoms with Crippen LogP contribution in [-0.2, 0) is 4.43 Å². The molecule has 0 aromatic carbocycles. The van der Waals surface area contributed by atoms with Gasteiger partial charge in [-0.3, -0.25) is 4.57 Å². The van der Waals surface area contributed by atoms with Crippen LogP contribution in [-0.4, -0.2) is 31.5 Å². The summed E-state index contributed by atoms with van der Waals surface area (Å²) in [6.45, 7) is 11.1. The molecule has 2 saturated carbocycles. The molecule has 102 valence electrons. The number of rotatable bonds is 2. The van der Waals surface area contributed by atoms with Gasteiger partial charge in [-0.2, -0.15) is 0 Å². The third-order valence-corrected chi connectivity index (χ3v) is 10.7. The van der Waals surface area contributed by atoms with Crippen molar-refractivity contribution >= 4 is 18.9 Å². The monoisotopic (exact) mass is 285 g/mol. The maximum absolute atomic E-state index is 6.81. The SMILES string of the molecule is C=CC[Si]1(Cl)O[C@@H]2C(C3CCC2(C)C3(C)C)N1C. The lowest BCUT2D eigenvalue weighted by atomic mass is 9.70. The molecular formula is C14H24ClNOSi. The van der Waals surface area contributed by atoms with Crippen molar-refractivity contribution in [2.45, 2.75) is 51.8 Å². The van der Waals surface area contributed by atoms with Gasteiger partial charge in [-0.05, 0) is 36.6 Å². The molecule has 5 atom stereocenters. The molecule has 2 nitrogen and oxygen atoms in total. The smallest absolute Gasteiger partial charge is 0.377 e. The second-order valence-electron chi connectivity index (χ2n) is 7.11. The molecule has 18 heavy (non-hydrogen) atoms. The van der Waals surface area contributed by atoms with Crippen molar-refractivity contribution in [2.75, 3.05) is 7.05 Å². The summed E-state index contributed by atoms with van der Waals surface area (Å²) in [4.78, 5) is 0. The highest BCUT2D eigenvalue weighted by Gasteiger charge is 2.73. The van der Waals surface area contributed by atoms with Crippen LogP contribution in [0, 0.1) is 16.7 Å². The van der Waals surface area contributed by atoms with E-state index in [-0.39, 0.29) is 0 Å². The second-order valence-corrected chi connectivity index (χ2v) is 11.6. The van der Waals surface area contributed by atoms with Crippen molar-refractivity contribution in [1.29, 1.82) is 0 Å². The minimum Gasteiger partial charge on any atom is -0.386 e. The highest BCUT2D eigenvalue weighted by molar-refractivity contribution is 7.15. The van der Waals surface area contributed by atoms with Crippen LogP contribution in [0.2, 0.25) is 6.04 Å². The second kappa shape index (κ2) is 3.63. The number of likely N-dealkylation sites (N-methyl/N-ethyl adjacent to an activating group) is 1. The van der Waals surface area contributed by atoms with Gasteiger partial charge in [0.2, 0.25) is 0 Å². The Morgan fingerprint density at radius 3 is 2.72 bits per heavy atom. The summed E-state index contributed by atoms with van der Waals surface area (Å²) in [6.07, 6.45) is 4.87. The Labute approximate surface area is 116 Å². The number of halogens is 1. The van der Waals surface area contributed by atoms with Gasteiger partial charge in [0, 0.05) is 12.1 Å². The van der Waals surface area contributed by atoms with Crippen molar-refractivity contribution in [3.8, 4) is 0 Å². The van der Waals surface area contributed by atoms with Gasteiger partial charge in [-0.25, -0.2) is 0 Å². The molecule has 3 fully saturated rings. The third kappa shape index (κ3) is 1.27. The number of fused-ring (bicyclic) bond motifs is 5. The van der Waals surface area contributed by atoms with Crippen molar-refractivity contribution in [2.24, 2.45) is 16.7 Å². The van der Waals surface area contributed by atoms with Crippen LogP contribution in [0.25, 0.3) is 0 Å². The maximum atomic E-state index is 6.81. The molecule has 4 heteroatoms. The Morgan fingerprint density at radius 1 is 1.50 bits per heavy atom. The van der Waals surface area contributed by atoms with Gasteiger partial charge in [-0.15, -0.1) is 17.7 Å². The first kappa shape index (κ1) is 13.2. The normalized spacial score (nSPS) is 53.7. The third-order valence-electron chi connectivity index (χ3n) is 6.40. The summed E-state index contributed by atoms with van der Waals surface area (Å²) in [6, 6.07) is 1.35. The van der Waals surface area contributed by atoms with E-state index in [2.05, 4.69) is 39.0 Å². The Bertz CT molecular complexity index is 401. The molecule has 0 N–H and O–H groups in total. The van der Waals surface area contributed by atoms with Crippen LogP contribution >= 0.6 is 11.1 Å². The molecule has 0 spiro atoms. The standard InChI is InChI=1S/C14H24ClNOSi/c1-6-9-18(15)16(5)11-10-7-8-14(4,12(11)17-18)13(10,2)3/h6,10-12H,1,7-9H2,2-5H3/t10?,11?,12-,14?,18?/m1/s1. The van der Waals surface area contributed by atoms with E-state index in [1.807, 2.05) is 6.08 Å². The molecule has 2 bridgehead atoms. The van der Waals surface area contributed by atoms with E-state index >= 15 is 0 Å². The lowest BCUT2D eigenvalue weighted by Crippen LogP contribution is -2.48. The van der Waals surface area contributed by atoms with E-state index in [1.165, 1.54) is 12.8 Å². The average Bonchev–Trinajstić information content (AvgIpc) is 2.72. The molecule has 1 heterocycles. The minimum atomic E-state index is -2.25. The van der Waals surface area contributed by atoms with Crippen LogP contribution in [0.5, 0.6) is 0 Å². The molecule has 0 aromatic heterocycles. The lowest BCUT2D eigenvalue weighted by Gasteiger charge is -2.39. The summed E-state index contributed by atoms with van der Waals surface area (Å²) in [5.41, 5.74) is 0.665. The maximum Gasteiger partial charge on any atom is 0.377 e. The van der Waals surface area contributed by atoms with E-state index in [9.17, 15) is 0 Å². The fourth-order valence-electron chi connectivity index (χ4n) is 4.80. The number of allylic oxidation sites excluding steroid dienone is 1. The van der Waals surface area contributed by atoms with E-state index in [1.54, 1.807) is 0 Å². The molecule has 0 amide bonds. The molecule has 3 aliphatic rings. The first-order valence-corrected chi connectivity index (χ1v) is 10.1. The van der Waals surface area contributed by atoms with Gasteiger partial charge in [0.05, 0.1) is 6.10 Å². The first-order chi connectivity index (χ1) is 8.28. The van der Waals surface area contributed by atoms with Gasteiger partial charge < -0.3 is 4.43 Å². The van der Waals surface area contributed by atoms with E-state index in [4.69, 9.17) is 15.5 Å². The average molecular weight is 286 g/mol. The van der Waals surface area contributed by atoms with Gasteiger partial charge in [0.25, 0.3) is 0 Å². The number of hydrogen-bond donors (Lipinski definition) is 0. The minimum absolute atomic E-state index is 0.293. The Kier molecular flexibility index (Phi) is 2.65. The molecule has 1 saturated heterocycles. The van der Waals surface area contributed by atoms with Gasteiger partial charge in [0.15, 0.2) is 0 Å². The Morgan fingerprint density at radius 2 is 2.17 bits per heavy atom. The van der Waals surface area contributed by atoms with E-state index in [0.717, 1.165) is 12.0 Å². The summed E-state index contributed by atoms with van der Waals surface area (Å²) in [5.74, 6) is 0.732.